The SMILES string of the molecule is C=C(C1CNC(Br)C(C)C1N)N1CCC2C(C(CCC)NN2C2CCC(C3CC3)CC2)[C@@H]1CC.CC.CO. The molecule has 0 amide bonds. The first kappa shape index (κ1) is 32.3. The highest BCUT2D eigenvalue weighted by molar-refractivity contribution is 9.09. The summed E-state index contributed by atoms with van der Waals surface area (Å²) < 4.78 is 0. The molecule has 222 valence electrons. The molecule has 5 N–H and O–H groups in total. The number of nitrogens with one attached hydrogen (secondary N) is 2. The molecular formula is C31H60BrN5O. The number of nitrogens with zero attached hydrogens (tertiary/aromatic N) is 2. The molecule has 7 unspecified atom stereocenters. The summed E-state index contributed by atoms with van der Waals surface area (Å²) in [6, 6.07) is 2.73. The number of halogens is 1. The summed E-state index contributed by atoms with van der Waals surface area (Å²) in [4.78, 5) is 3.00. The van der Waals surface area contributed by atoms with Gasteiger partial charge in [0.1, 0.15) is 0 Å². The Kier molecular flexibility index (Phi) is 12.9. The number of nitrogens with two attached hydrogens (primary N) is 1. The molecule has 6 nitrogen and oxygen atoms in total. The maximum absolute atomic E-state index is 7.00. The summed E-state index contributed by atoms with van der Waals surface area (Å²) in [6.45, 7) is 17.8. The molecule has 0 spiro atoms. The Hall–Kier alpha value is -0.180. The fourth-order valence-corrected chi connectivity index (χ4v) is 8.76. The fourth-order valence-electron chi connectivity index (χ4n) is 8.22. The van der Waals surface area contributed by atoms with Crippen LogP contribution in [0.3, 0.4) is 0 Å². The smallest absolute Gasteiger partial charge is 0.0671 e. The second kappa shape index (κ2) is 15.2. The minimum Gasteiger partial charge on any atom is -0.400 e. The number of aliphatic hydroxyl groups excluding tert-OH is 1. The normalized spacial score (nSPS) is 41.3. The third kappa shape index (κ3) is 6.82. The van der Waals surface area contributed by atoms with Gasteiger partial charge in [0.15, 0.2) is 0 Å². The molecule has 5 fully saturated rings. The van der Waals surface area contributed by atoms with Crippen LogP contribution in [0.5, 0.6) is 0 Å². The maximum atomic E-state index is 7.00. The minimum absolute atomic E-state index is 0.152. The summed E-state index contributed by atoms with van der Waals surface area (Å²) in [7, 11) is 1.00. The lowest BCUT2D eigenvalue weighted by Crippen LogP contribution is -2.59. The quantitative estimate of drug-likeness (QED) is 0.230. The molecule has 2 aliphatic carbocycles. The van der Waals surface area contributed by atoms with Crippen molar-refractivity contribution in [1.82, 2.24) is 20.7 Å². The Bertz CT molecular complexity index is 712. The van der Waals surface area contributed by atoms with Crippen LogP contribution in [0.4, 0.5) is 0 Å². The van der Waals surface area contributed by atoms with E-state index in [2.05, 4.69) is 57.4 Å². The van der Waals surface area contributed by atoms with Gasteiger partial charge in [-0.25, -0.2) is 5.01 Å². The first-order valence-electron chi connectivity index (χ1n) is 16.0. The Morgan fingerprint density at radius 3 is 2.18 bits per heavy atom. The number of alkyl halides is 1. The zero-order valence-corrected chi connectivity index (χ0v) is 26.9. The topological polar surface area (TPSA) is 76.8 Å². The minimum atomic E-state index is 0.152. The molecule has 0 aromatic carbocycles. The molecule has 3 heterocycles. The molecule has 0 radical (unpaired) electrons. The molecule has 8 atom stereocenters. The number of fused-ring (bicyclic) bond motifs is 1. The summed E-state index contributed by atoms with van der Waals surface area (Å²) in [5.41, 5.74) is 12.2. The number of hydrogen-bond donors (Lipinski definition) is 4. The zero-order valence-electron chi connectivity index (χ0n) is 25.3. The van der Waals surface area contributed by atoms with Crippen molar-refractivity contribution >= 4 is 15.9 Å². The molecule has 3 saturated heterocycles. The van der Waals surface area contributed by atoms with E-state index in [1.54, 1.807) is 0 Å². The van der Waals surface area contributed by atoms with Crippen LogP contribution in [0.1, 0.15) is 98.8 Å². The Balaban J connectivity index is 0.000000956. The number of rotatable bonds is 7. The molecule has 0 aromatic rings. The number of likely N-dealkylation sites (tertiary alicyclic amines) is 1. The van der Waals surface area contributed by atoms with Crippen molar-refractivity contribution in [2.75, 3.05) is 20.2 Å². The molecule has 7 heteroatoms. The Labute approximate surface area is 243 Å². The predicted molar refractivity (Wildman–Crippen MR) is 165 cm³/mol. The van der Waals surface area contributed by atoms with Gasteiger partial charge in [0, 0.05) is 67.9 Å². The van der Waals surface area contributed by atoms with Gasteiger partial charge in [-0.2, -0.15) is 0 Å². The Morgan fingerprint density at radius 1 is 1.03 bits per heavy atom. The second-order valence-electron chi connectivity index (χ2n) is 12.3. The van der Waals surface area contributed by atoms with Gasteiger partial charge in [0.05, 0.1) is 4.95 Å². The molecule has 2 saturated carbocycles. The molecule has 3 aliphatic heterocycles. The zero-order chi connectivity index (χ0) is 28.0. The lowest BCUT2D eigenvalue weighted by Gasteiger charge is -2.51. The fraction of sp³-hybridized carbons (Fsp3) is 0.935. The standard InChI is InChI=1S/C28H50BrN5.C2H6.CH4O/c1-5-7-23-26-24(6-2)33(18(4)22-16-31-28(29)17(3)27(22)30)15-14-25(26)34(32-23)21-12-10-20(11-13-21)19-8-9-19;2*1-2/h17,19-28,31-32H,4-16,30H2,1-3H3;1-2H3;2H,1H3/t17?,20?,21?,22?,23?,24-,25?,26?,27?,28?;;/m0../s1. The van der Waals surface area contributed by atoms with Crippen molar-refractivity contribution in [3.8, 4) is 0 Å². The monoisotopic (exact) mass is 597 g/mol. The third-order valence-corrected chi connectivity index (χ3v) is 11.6. The van der Waals surface area contributed by atoms with Crippen molar-refractivity contribution in [3.05, 3.63) is 12.3 Å². The van der Waals surface area contributed by atoms with Crippen LogP contribution in [-0.4, -0.2) is 70.4 Å². The van der Waals surface area contributed by atoms with E-state index in [9.17, 15) is 0 Å². The van der Waals surface area contributed by atoms with Gasteiger partial charge in [0.2, 0.25) is 0 Å². The van der Waals surface area contributed by atoms with Crippen LogP contribution in [0.25, 0.3) is 0 Å². The first-order chi connectivity index (χ1) is 18.4. The average Bonchev–Trinajstić information content (AvgIpc) is 3.75. The van der Waals surface area contributed by atoms with E-state index in [1.807, 2.05) is 13.8 Å². The van der Waals surface area contributed by atoms with E-state index >= 15 is 0 Å². The number of hydrogen-bond acceptors (Lipinski definition) is 6. The van der Waals surface area contributed by atoms with Crippen LogP contribution >= 0.6 is 15.9 Å². The van der Waals surface area contributed by atoms with Gasteiger partial charge < -0.3 is 21.1 Å². The highest BCUT2D eigenvalue weighted by Crippen LogP contribution is 2.47. The number of piperidine rings is 2. The molecular weight excluding hydrogens is 538 g/mol. The molecule has 0 bridgehead atoms. The lowest BCUT2D eigenvalue weighted by atomic mass is 9.76. The van der Waals surface area contributed by atoms with Gasteiger partial charge in [-0.1, -0.05) is 63.5 Å². The summed E-state index contributed by atoms with van der Waals surface area (Å²) >= 11 is 3.77. The van der Waals surface area contributed by atoms with Crippen LogP contribution in [-0.2, 0) is 0 Å². The van der Waals surface area contributed by atoms with Crippen molar-refractivity contribution in [3.63, 3.8) is 0 Å². The highest BCUT2D eigenvalue weighted by Gasteiger charge is 2.52. The Morgan fingerprint density at radius 2 is 1.63 bits per heavy atom. The van der Waals surface area contributed by atoms with E-state index in [-0.39, 0.29) is 6.04 Å². The first-order valence-corrected chi connectivity index (χ1v) is 16.9. The van der Waals surface area contributed by atoms with Crippen molar-refractivity contribution in [2.24, 2.45) is 35.3 Å². The van der Waals surface area contributed by atoms with E-state index < -0.39 is 0 Å². The van der Waals surface area contributed by atoms with E-state index in [1.165, 1.54) is 69.9 Å². The summed E-state index contributed by atoms with van der Waals surface area (Å²) in [5.74, 6) is 3.52. The second-order valence-corrected chi connectivity index (χ2v) is 13.3. The number of hydrazine groups is 1. The average molecular weight is 599 g/mol. The van der Waals surface area contributed by atoms with E-state index in [4.69, 9.17) is 17.4 Å². The summed E-state index contributed by atoms with van der Waals surface area (Å²) in [5, 5.41) is 13.4. The van der Waals surface area contributed by atoms with Gasteiger partial charge in [-0.3, -0.25) is 5.43 Å². The van der Waals surface area contributed by atoms with Gasteiger partial charge in [0.25, 0.3) is 0 Å². The van der Waals surface area contributed by atoms with Gasteiger partial charge >= 0.3 is 0 Å². The number of aliphatic hydroxyl groups is 1. The van der Waals surface area contributed by atoms with Crippen LogP contribution in [0.15, 0.2) is 12.3 Å². The predicted octanol–water partition coefficient (Wildman–Crippen LogP) is 5.47. The molecule has 5 aliphatic rings. The maximum Gasteiger partial charge on any atom is 0.0671 e. The highest BCUT2D eigenvalue weighted by atomic mass is 79.9. The lowest BCUT2D eigenvalue weighted by molar-refractivity contribution is 0.0188. The van der Waals surface area contributed by atoms with Crippen LogP contribution < -0.4 is 16.5 Å². The molecule has 38 heavy (non-hydrogen) atoms. The van der Waals surface area contributed by atoms with Crippen molar-refractivity contribution in [1.29, 1.82) is 0 Å². The third-order valence-electron chi connectivity index (χ3n) is 10.4. The molecule has 5 rings (SSSR count). The van der Waals surface area contributed by atoms with Crippen molar-refractivity contribution < 1.29 is 5.11 Å². The van der Waals surface area contributed by atoms with Crippen LogP contribution in [0.2, 0.25) is 0 Å². The van der Waals surface area contributed by atoms with E-state index in [0.29, 0.717) is 40.8 Å². The van der Waals surface area contributed by atoms with Crippen LogP contribution in [0, 0.1) is 29.6 Å². The van der Waals surface area contributed by atoms with E-state index in [0.717, 1.165) is 38.1 Å². The summed E-state index contributed by atoms with van der Waals surface area (Å²) in [6.07, 6.45) is 13.7. The molecule has 0 aromatic heterocycles. The van der Waals surface area contributed by atoms with Gasteiger partial charge in [-0.15, -0.1) is 0 Å². The largest absolute Gasteiger partial charge is 0.400 e. The van der Waals surface area contributed by atoms with Gasteiger partial charge in [-0.05, 0) is 75.5 Å². The van der Waals surface area contributed by atoms with Crippen molar-refractivity contribution in [2.45, 2.75) is 134 Å².